The lowest BCUT2D eigenvalue weighted by atomic mass is 10.0. The number of anilines is 1. The van der Waals surface area contributed by atoms with E-state index in [0.29, 0.717) is 11.4 Å². The summed E-state index contributed by atoms with van der Waals surface area (Å²) < 4.78 is 0. The number of nitrogens with one attached hydrogen (secondary N) is 2. The maximum atomic E-state index is 9.92. The molecular weight excluding hydrogens is 369 g/mol. The first kappa shape index (κ1) is 18.8. The average molecular weight is 390 g/mol. The SMILES string of the molecule is CCN1CCc2c([nH]c3ccc(Cl)cc23)C1.O=CNc1ccc(Cl)cc1. The van der Waals surface area contributed by atoms with Gasteiger partial charge >= 0.3 is 0 Å². The maximum Gasteiger partial charge on any atom is 0.211 e. The normalized spacial score (nSPS) is 13.7. The van der Waals surface area contributed by atoms with Crippen LogP contribution < -0.4 is 5.32 Å². The number of H-pyrrole nitrogens is 1. The van der Waals surface area contributed by atoms with E-state index >= 15 is 0 Å². The van der Waals surface area contributed by atoms with E-state index in [9.17, 15) is 4.79 Å². The highest BCUT2D eigenvalue weighted by molar-refractivity contribution is 6.31. The van der Waals surface area contributed by atoms with Crippen LogP contribution in [-0.4, -0.2) is 29.4 Å². The van der Waals surface area contributed by atoms with Crippen LogP contribution >= 0.6 is 23.2 Å². The molecule has 1 aliphatic heterocycles. The number of hydrogen-bond donors (Lipinski definition) is 2. The molecule has 2 N–H and O–H groups in total. The highest BCUT2D eigenvalue weighted by atomic mass is 35.5. The molecule has 136 valence electrons. The van der Waals surface area contributed by atoms with E-state index in [1.54, 1.807) is 24.3 Å². The summed E-state index contributed by atoms with van der Waals surface area (Å²) >= 11 is 11.6. The minimum atomic E-state index is 0.628. The van der Waals surface area contributed by atoms with Crippen molar-refractivity contribution < 1.29 is 4.79 Å². The van der Waals surface area contributed by atoms with Crippen molar-refractivity contribution in [3.63, 3.8) is 0 Å². The number of rotatable bonds is 3. The molecule has 0 unspecified atom stereocenters. The second-order valence-corrected chi connectivity index (χ2v) is 7.03. The van der Waals surface area contributed by atoms with Crippen molar-refractivity contribution in [2.45, 2.75) is 19.9 Å². The van der Waals surface area contributed by atoms with Crippen molar-refractivity contribution in [2.24, 2.45) is 0 Å². The van der Waals surface area contributed by atoms with Crippen molar-refractivity contribution in [2.75, 3.05) is 18.4 Å². The fourth-order valence-electron chi connectivity index (χ4n) is 3.15. The van der Waals surface area contributed by atoms with Crippen molar-refractivity contribution in [3.05, 3.63) is 63.8 Å². The number of nitrogens with zero attached hydrogens (tertiary/aromatic N) is 1. The van der Waals surface area contributed by atoms with Crippen LogP contribution in [0.2, 0.25) is 10.0 Å². The molecule has 0 saturated carbocycles. The zero-order valence-corrected chi connectivity index (χ0v) is 16.1. The van der Waals surface area contributed by atoms with E-state index in [-0.39, 0.29) is 0 Å². The third-order valence-corrected chi connectivity index (χ3v) is 5.02. The van der Waals surface area contributed by atoms with Crippen molar-refractivity contribution in [3.8, 4) is 0 Å². The first-order valence-electron chi connectivity index (χ1n) is 8.57. The second kappa shape index (κ2) is 8.58. The van der Waals surface area contributed by atoms with Gasteiger partial charge in [0.15, 0.2) is 0 Å². The van der Waals surface area contributed by atoms with Gasteiger partial charge in [-0.1, -0.05) is 30.1 Å². The lowest BCUT2D eigenvalue weighted by Crippen LogP contribution is -2.29. The van der Waals surface area contributed by atoms with Gasteiger partial charge in [-0.15, -0.1) is 0 Å². The minimum Gasteiger partial charge on any atom is -0.357 e. The molecule has 0 radical (unpaired) electrons. The average Bonchev–Trinajstić information content (AvgIpc) is 3.01. The molecule has 3 aromatic rings. The van der Waals surface area contributed by atoms with Crippen LogP contribution in [-0.2, 0) is 17.8 Å². The molecule has 1 amide bonds. The third-order valence-electron chi connectivity index (χ3n) is 4.53. The van der Waals surface area contributed by atoms with Gasteiger partial charge < -0.3 is 10.3 Å². The Hall–Kier alpha value is -2.01. The first-order chi connectivity index (χ1) is 12.6. The van der Waals surface area contributed by atoms with Crippen molar-refractivity contribution >= 4 is 46.2 Å². The van der Waals surface area contributed by atoms with Gasteiger partial charge in [-0.25, -0.2) is 0 Å². The van der Waals surface area contributed by atoms with Crippen LogP contribution in [0.4, 0.5) is 5.69 Å². The van der Waals surface area contributed by atoms with Gasteiger partial charge in [-0.05, 0) is 61.0 Å². The van der Waals surface area contributed by atoms with E-state index in [1.165, 1.54) is 22.2 Å². The summed E-state index contributed by atoms with van der Waals surface area (Å²) in [5.74, 6) is 0. The smallest absolute Gasteiger partial charge is 0.211 e. The number of aromatic amines is 1. The van der Waals surface area contributed by atoms with Gasteiger partial charge in [0.05, 0.1) is 0 Å². The summed E-state index contributed by atoms with van der Waals surface area (Å²) in [7, 11) is 0. The van der Waals surface area contributed by atoms with Gasteiger partial charge in [0.1, 0.15) is 0 Å². The topological polar surface area (TPSA) is 48.1 Å². The van der Waals surface area contributed by atoms with Gasteiger partial charge in [0.25, 0.3) is 0 Å². The second-order valence-electron chi connectivity index (χ2n) is 6.16. The molecule has 6 heteroatoms. The van der Waals surface area contributed by atoms with Crippen LogP contribution in [0.1, 0.15) is 18.2 Å². The molecule has 0 aliphatic carbocycles. The Balaban J connectivity index is 0.000000170. The molecule has 0 spiro atoms. The molecular formula is C20H21Cl2N3O. The van der Waals surface area contributed by atoms with Gasteiger partial charge in [-0.3, -0.25) is 9.69 Å². The highest BCUT2D eigenvalue weighted by Crippen LogP contribution is 2.29. The molecule has 4 nitrogen and oxygen atoms in total. The Kier molecular flexibility index (Phi) is 6.20. The predicted octanol–water partition coefficient (Wildman–Crippen LogP) is 5.11. The van der Waals surface area contributed by atoms with Crippen LogP contribution in [0.3, 0.4) is 0 Å². The molecule has 0 saturated heterocycles. The molecule has 4 rings (SSSR count). The Morgan fingerprint density at radius 3 is 2.58 bits per heavy atom. The first-order valence-corrected chi connectivity index (χ1v) is 9.33. The molecule has 2 aromatic carbocycles. The fourth-order valence-corrected chi connectivity index (χ4v) is 3.45. The summed E-state index contributed by atoms with van der Waals surface area (Å²) in [6.07, 6.45) is 1.76. The number of amides is 1. The molecule has 1 aliphatic rings. The van der Waals surface area contributed by atoms with Gasteiger partial charge in [-0.2, -0.15) is 0 Å². The zero-order valence-electron chi connectivity index (χ0n) is 14.6. The summed E-state index contributed by atoms with van der Waals surface area (Å²) in [5.41, 5.74) is 4.79. The number of likely N-dealkylation sites (N-methyl/N-ethyl adjacent to an activating group) is 1. The van der Waals surface area contributed by atoms with Crippen LogP contribution in [0.5, 0.6) is 0 Å². The lowest BCUT2D eigenvalue weighted by molar-refractivity contribution is -0.105. The number of benzene rings is 2. The molecule has 0 fully saturated rings. The standard InChI is InChI=1S/C13H15ClN2.C7H6ClNO/c1-2-16-6-5-10-11-7-9(14)3-4-12(11)15-13(10)8-16;8-6-1-3-7(4-2-6)9-5-10/h3-4,7,15H,2,5-6,8H2,1H3;1-5H,(H,9,10). The third kappa shape index (κ3) is 4.39. The van der Waals surface area contributed by atoms with Crippen molar-refractivity contribution in [1.82, 2.24) is 9.88 Å². The van der Waals surface area contributed by atoms with Crippen LogP contribution in [0.25, 0.3) is 10.9 Å². The molecule has 2 heterocycles. The van der Waals surface area contributed by atoms with Crippen LogP contribution in [0, 0.1) is 0 Å². The van der Waals surface area contributed by atoms with E-state index in [1.807, 2.05) is 6.07 Å². The number of fused-ring (bicyclic) bond motifs is 3. The fraction of sp³-hybridized carbons (Fsp3) is 0.250. The summed E-state index contributed by atoms with van der Waals surface area (Å²) in [5, 5.41) is 5.29. The Morgan fingerprint density at radius 2 is 1.88 bits per heavy atom. The minimum absolute atomic E-state index is 0.628. The molecule has 0 atom stereocenters. The Bertz CT molecular complexity index is 890. The number of hydrogen-bond acceptors (Lipinski definition) is 2. The van der Waals surface area contributed by atoms with E-state index < -0.39 is 0 Å². The largest absolute Gasteiger partial charge is 0.357 e. The Morgan fingerprint density at radius 1 is 1.15 bits per heavy atom. The zero-order chi connectivity index (χ0) is 18.5. The number of carbonyl (C=O) groups is 1. The summed E-state index contributed by atoms with van der Waals surface area (Å²) in [6, 6.07) is 13.0. The van der Waals surface area contributed by atoms with E-state index in [0.717, 1.165) is 36.8 Å². The maximum absolute atomic E-state index is 9.92. The van der Waals surface area contributed by atoms with Crippen molar-refractivity contribution in [1.29, 1.82) is 0 Å². The molecule has 1 aromatic heterocycles. The van der Waals surface area contributed by atoms with Gasteiger partial charge in [0.2, 0.25) is 6.41 Å². The van der Waals surface area contributed by atoms with E-state index in [4.69, 9.17) is 23.2 Å². The predicted molar refractivity (Wildman–Crippen MR) is 109 cm³/mol. The number of halogens is 2. The Labute approximate surface area is 163 Å². The number of aromatic nitrogens is 1. The lowest BCUT2D eigenvalue weighted by Gasteiger charge is -2.25. The summed E-state index contributed by atoms with van der Waals surface area (Å²) in [4.78, 5) is 15.9. The quantitative estimate of drug-likeness (QED) is 0.611. The summed E-state index contributed by atoms with van der Waals surface area (Å²) in [6.45, 7) is 5.53. The van der Waals surface area contributed by atoms with E-state index in [2.05, 4.69) is 34.3 Å². The van der Waals surface area contributed by atoms with Gasteiger partial charge in [0, 0.05) is 45.4 Å². The highest BCUT2D eigenvalue weighted by Gasteiger charge is 2.19. The number of carbonyl (C=O) groups excluding carboxylic acids is 1. The molecule has 26 heavy (non-hydrogen) atoms. The van der Waals surface area contributed by atoms with Crippen LogP contribution in [0.15, 0.2) is 42.5 Å². The molecule has 0 bridgehead atoms. The monoisotopic (exact) mass is 389 g/mol.